The smallest absolute Gasteiger partial charge is 0.328 e. The molecule has 0 saturated carbocycles. The van der Waals surface area contributed by atoms with Gasteiger partial charge in [0, 0.05) is 53.2 Å². The van der Waals surface area contributed by atoms with Gasteiger partial charge >= 0.3 is 11.9 Å². The number of hydrogen-bond donors (Lipinski definition) is 3. The second kappa shape index (κ2) is 16.6. The molecule has 0 radical (unpaired) electrons. The molecule has 0 unspecified atom stereocenters. The van der Waals surface area contributed by atoms with Gasteiger partial charge in [-0.05, 0) is 99.6 Å². The highest BCUT2D eigenvalue weighted by Crippen LogP contribution is 2.25. The van der Waals surface area contributed by atoms with Crippen LogP contribution in [0.5, 0.6) is 5.75 Å². The number of carbonyl (C=O) groups is 4. The Kier molecular flexibility index (Phi) is 12.6. The summed E-state index contributed by atoms with van der Waals surface area (Å²) < 4.78 is 18.5. The van der Waals surface area contributed by atoms with E-state index in [0.29, 0.717) is 41.3 Å². The molecular weight excluding hydrogens is 569 g/mol. The van der Waals surface area contributed by atoms with Crippen LogP contribution in [0.3, 0.4) is 0 Å². The molecule has 44 heavy (non-hydrogen) atoms. The number of amides is 1. The Morgan fingerprint density at radius 2 is 1.52 bits per heavy atom. The van der Waals surface area contributed by atoms with Gasteiger partial charge in [0.25, 0.3) is 5.91 Å². The number of aliphatic carboxylic acids is 2. The Morgan fingerprint density at radius 3 is 2.09 bits per heavy atom. The number of ether oxygens (including phenoxy) is 1. The Morgan fingerprint density at radius 1 is 0.932 bits per heavy atom. The number of methoxy groups -OCH3 is 1. The van der Waals surface area contributed by atoms with E-state index in [1.165, 1.54) is 12.1 Å². The van der Waals surface area contributed by atoms with Gasteiger partial charge in [0.1, 0.15) is 11.6 Å². The van der Waals surface area contributed by atoms with Crippen LogP contribution in [0, 0.1) is 11.7 Å². The summed E-state index contributed by atoms with van der Waals surface area (Å²) >= 11 is 0. The third kappa shape index (κ3) is 10.4. The molecule has 232 valence electrons. The summed E-state index contributed by atoms with van der Waals surface area (Å²) in [5.74, 6) is -2.19. The van der Waals surface area contributed by atoms with E-state index in [9.17, 15) is 23.6 Å². The normalized spacial score (nSPS) is 13.5. The Hall–Kier alpha value is -5.03. The molecule has 4 N–H and O–H groups in total. The highest BCUT2D eigenvalue weighted by Gasteiger charge is 2.26. The maximum absolute atomic E-state index is 13.4. The Bertz CT molecular complexity index is 1430. The fourth-order valence-corrected chi connectivity index (χ4v) is 4.77. The molecule has 0 atom stereocenters. The first kappa shape index (κ1) is 33.5. The molecule has 0 bridgehead atoms. The van der Waals surface area contributed by atoms with E-state index >= 15 is 0 Å². The molecule has 1 saturated heterocycles. The number of carboxylic acid groups (broad SMARTS) is 2. The summed E-state index contributed by atoms with van der Waals surface area (Å²) in [5.41, 5.74) is 8.34. The molecule has 3 aromatic rings. The number of nitrogens with two attached hydrogens (primary N) is 1. The van der Waals surface area contributed by atoms with Crippen molar-refractivity contribution in [1.82, 2.24) is 4.90 Å². The Balaban J connectivity index is 0.000000583. The van der Waals surface area contributed by atoms with Crippen LogP contribution in [0.1, 0.15) is 40.0 Å². The second-order valence-corrected chi connectivity index (χ2v) is 10.1. The first-order valence-electron chi connectivity index (χ1n) is 14.0. The van der Waals surface area contributed by atoms with Gasteiger partial charge in [0.05, 0.1) is 7.11 Å². The summed E-state index contributed by atoms with van der Waals surface area (Å²) in [4.78, 5) is 49.4. The molecule has 1 heterocycles. The highest BCUT2D eigenvalue weighted by atomic mass is 19.1. The minimum absolute atomic E-state index is 0.0351. The predicted octanol–water partition coefficient (Wildman–Crippen LogP) is 4.76. The van der Waals surface area contributed by atoms with Crippen LogP contribution in [-0.2, 0) is 9.59 Å². The molecule has 10 nitrogen and oxygen atoms in total. The lowest BCUT2D eigenvalue weighted by Crippen LogP contribution is -2.39. The van der Waals surface area contributed by atoms with Crippen molar-refractivity contribution in [2.24, 2.45) is 5.92 Å². The first-order chi connectivity index (χ1) is 21.1. The number of likely N-dealkylation sites (tertiary alicyclic amines) is 1. The van der Waals surface area contributed by atoms with Crippen LogP contribution >= 0.6 is 0 Å². The van der Waals surface area contributed by atoms with Crippen LogP contribution in [0.15, 0.2) is 84.9 Å². The van der Waals surface area contributed by atoms with Gasteiger partial charge in [-0.25, -0.2) is 14.0 Å². The van der Waals surface area contributed by atoms with Crippen molar-refractivity contribution in [2.45, 2.75) is 19.3 Å². The number of anilines is 2. The monoisotopic (exact) mass is 605 g/mol. The largest absolute Gasteiger partial charge is 0.497 e. The summed E-state index contributed by atoms with van der Waals surface area (Å²) in [5, 5.41) is 15.6. The standard InChI is InChI=1S/C29H32FN3O3.C4H4O4/c1-36-27-5-2-4-26(20-27)33(29(35)23-8-12-25(31)13-9-23)17-3-16-32-18-14-22(15-19-32)28(34)21-6-10-24(30)11-7-21;5-3(6)1-2-4(7)8/h2,4-13,20,22H,3,14-19,31H2,1H3;1-2H,(H,5,6)(H,7,8). The molecule has 0 aromatic heterocycles. The van der Waals surface area contributed by atoms with Gasteiger partial charge in [-0.1, -0.05) is 6.07 Å². The molecule has 1 amide bonds. The number of hydrogen-bond acceptors (Lipinski definition) is 7. The van der Waals surface area contributed by atoms with E-state index in [1.807, 2.05) is 24.3 Å². The van der Waals surface area contributed by atoms with Gasteiger partial charge in [0.2, 0.25) is 0 Å². The summed E-state index contributed by atoms with van der Waals surface area (Å²) in [6, 6.07) is 20.2. The second-order valence-electron chi connectivity index (χ2n) is 10.1. The van der Waals surface area contributed by atoms with Crippen molar-refractivity contribution in [2.75, 3.05) is 43.9 Å². The van der Waals surface area contributed by atoms with Crippen molar-refractivity contribution in [3.8, 4) is 5.75 Å². The molecule has 3 aromatic carbocycles. The van der Waals surface area contributed by atoms with Gasteiger partial charge in [-0.3, -0.25) is 9.59 Å². The number of nitrogen functional groups attached to an aromatic ring is 1. The zero-order valence-corrected chi connectivity index (χ0v) is 24.4. The lowest BCUT2D eigenvalue weighted by atomic mass is 9.89. The van der Waals surface area contributed by atoms with E-state index < -0.39 is 11.9 Å². The van der Waals surface area contributed by atoms with Crippen LogP contribution < -0.4 is 15.4 Å². The Labute approximate surface area is 255 Å². The van der Waals surface area contributed by atoms with Crippen molar-refractivity contribution < 1.29 is 38.5 Å². The number of carboxylic acids is 2. The topological polar surface area (TPSA) is 150 Å². The van der Waals surface area contributed by atoms with E-state index in [2.05, 4.69) is 4.90 Å². The number of nitrogens with zero attached hydrogens (tertiary/aromatic N) is 2. The lowest BCUT2D eigenvalue weighted by Gasteiger charge is -2.32. The molecule has 4 rings (SSSR count). The average Bonchev–Trinajstić information content (AvgIpc) is 3.03. The van der Waals surface area contributed by atoms with Crippen LogP contribution in [-0.4, -0.2) is 72.0 Å². The third-order valence-electron chi connectivity index (χ3n) is 7.08. The molecule has 1 fully saturated rings. The number of benzene rings is 3. The van der Waals surface area contributed by atoms with Crippen molar-refractivity contribution >= 4 is 35.0 Å². The number of rotatable bonds is 11. The maximum Gasteiger partial charge on any atom is 0.328 e. The zero-order chi connectivity index (χ0) is 32.1. The summed E-state index contributed by atoms with van der Waals surface area (Å²) in [6.07, 6.45) is 3.46. The van der Waals surface area contributed by atoms with Gasteiger partial charge in [-0.2, -0.15) is 0 Å². The number of Topliss-reactive ketones (excluding diaryl/α,β-unsaturated/α-hetero) is 1. The predicted molar refractivity (Wildman–Crippen MR) is 164 cm³/mol. The number of carbonyl (C=O) groups excluding carboxylic acids is 2. The highest BCUT2D eigenvalue weighted by molar-refractivity contribution is 6.06. The van der Waals surface area contributed by atoms with Gasteiger partial charge < -0.3 is 30.5 Å². The summed E-state index contributed by atoms with van der Waals surface area (Å²) in [6.45, 7) is 3.02. The third-order valence-corrected chi connectivity index (χ3v) is 7.08. The average molecular weight is 606 g/mol. The quantitative estimate of drug-likeness (QED) is 0.160. The fraction of sp³-hybridized carbons (Fsp3) is 0.273. The molecule has 0 spiro atoms. The van der Waals surface area contributed by atoms with Crippen molar-refractivity contribution in [3.05, 3.63) is 102 Å². The lowest BCUT2D eigenvalue weighted by molar-refractivity contribution is -0.134. The van der Waals surface area contributed by atoms with Gasteiger partial charge in [0.15, 0.2) is 5.78 Å². The molecule has 11 heteroatoms. The molecule has 1 aliphatic rings. The van der Waals surface area contributed by atoms with Crippen LogP contribution in [0.2, 0.25) is 0 Å². The zero-order valence-electron chi connectivity index (χ0n) is 24.4. The number of piperidine rings is 1. The van der Waals surface area contributed by atoms with Crippen LogP contribution in [0.25, 0.3) is 0 Å². The van der Waals surface area contributed by atoms with E-state index in [-0.39, 0.29) is 23.4 Å². The first-order valence-corrected chi connectivity index (χ1v) is 14.0. The molecule has 1 aliphatic heterocycles. The number of halogens is 1. The van der Waals surface area contributed by atoms with E-state index in [0.717, 1.165) is 44.6 Å². The fourth-order valence-electron chi connectivity index (χ4n) is 4.77. The van der Waals surface area contributed by atoms with Crippen molar-refractivity contribution in [3.63, 3.8) is 0 Å². The molecular formula is C33H36FN3O7. The molecule has 0 aliphatic carbocycles. The minimum atomic E-state index is -1.26. The van der Waals surface area contributed by atoms with Crippen LogP contribution in [0.4, 0.5) is 15.8 Å². The van der Waals surface area contributed by atoms with Crippen molar-refractivity contribution in [1.29, 1.82) is 0 Å². The minimum Gasteiger partial charge on any atom is -0.497 e. The SMILES string of the molecule is COc1cccc(N(CCCN2CCC(C(=O)c3ccc(F)cc3)CC2)C(=O)c2ccc(N)cc2)c1.O=C(O)C=CC(=O)O. The van der Waals surface area contributed by atoms with Gasteiger partial charge in [-0.15, -0.1) is 0 Å². The summed E-state index contributed by atoms with van der Waals surface area (Å²) in [7, 11) is 1.61. The number of ketones is 1. The van der Waals surface area contributed by atoms with E-state index in [1.54, 1.807) is 48.4 Å². The maximum atomic E-state index is 13.4. The van der Waals surface area contributed by atoms with E-state index in [4.69, 9.17) is 20.7 Å².